The first kappa shape index (κ1) is 21.5. The minimum absolute atomic E-state index is 0.273. The molecule has 0 aromatic rings. The summed E-state index contributed by atoms with van der Waals surface area (Å²) in [5, 5.41) is 0. The Kier molecular flexibility index (Phi) is 16.4. The van der Waals surface area contributed by atoms with Crippen molar-refractivity contribution in [3.8, 4) is 0 Å². The molecule has 0 aliphatic rings. The van der Waals surface area contributed by atoms with Crippen LogP contribution in [0.5, 0.6) is 0 Å². The largest absolute Gasteiger partial charge is 0.346 e. The van der Waals surface area contributed by atoms with Crippen molar-refractivity contribution >= 4 is 5.91 Å². The van der Waals surface area contributed by atoms with E-state index in [-0.39, 0.29) is 5.91 Å². The number of nitrogens with zero attached hydrogens (tertiary/aromatic N) is 1. The van der Waals surface area contributed by atoms with E-state index in [0.717, 1.165) is 6.54 Å². The lowest BCUT2D eigenvalue weighted by Crippen LogP contribution is -2.26. The van der Waals surface area contributed by atoms with Gasteiger partial charge in [0, 0.05) is 20.0 Å². The summed E-state index contributed by atoms with van der Waals surface area (Å²) >= 11 is 0. The van der Waals surface area contributed by atoms with Crippen LogP contribution in [0.4, 0.5) is 0 Å². The maximum Gasteiger partial charge on any atom is 0.222 e. The van der Waals surface area contributed by atoms with Crippen molar-refractivity contribution in [1.29, 1.82) is 0 Å². The van der Waals surface area contributed by atoms with Crippen molar-refractivity contribution < 1.29 is 4.79 Å². The zero-order chi connectivity index (χ0) is 16.5. The molecule has 2 heteroatoms. The summed E-state index contributed by atoms with van der Waals surface area (Å²) in [6, 6.07) is 0. The van der Waals surface area contributed by atoms with E-state index in [9.17, 15) is 4.79 Å². The van der Waals surface area contributed by atoms with E-state index in [1.165, 1.54) is 89.9 Å². The lowest BCUT2D eigenvalue weighted by Gasteiger charge is -2.15. The van der Waals surface area contributed by atoms with E-state index in [4.69, 9.17) is 0 Å². The number of hydrogen-bond acceptors (Lipinski definition) is 1. The molecular weight excluding hydrogens is 270 g/mol. The van der Waals surface area contributed by atoms with Gasteiger partial charge in [0.1, 0.15) is 0 Å². The van der Waals surface area contributed by atoms with Crippen molar-refractivity contribution in [3.05, 3.63) is 0 Å². The molecule has 0 unspecified atom stereocenters. The van der Waals surface area contributed by atoms with Gasteiger partial charge in [-0.2, -0.15) is 0 Å². The van der Waals surface area contributed by atoms with Crippen LogP contribution in [0.15, 0.2) is 0 Å². The Labute approximate surface area is 140 Å². The summed E-state index contributed by atoms with van der Waals surface area (Å²) < 4.78 is 0. The smallest absolute Gasteiger partial charge is 0.222 e. The lowest BCUT2D eigenvalue weighted by molar-refractivity contribution is -0.129. The fourth-order valence-corrected chi connectivity index (χ4v) is 2.94. The van der Waals surface area contributed by atoms with Gasteiger partial charge in [-0.15, -0.1) is 0 Å². The molecule has 0 N–H and O–H groups in total. The molecule has 1 amide bonds. The zero-order valence-corrected chi connectivity index (χ0v) is 15.7. The molecule has 0 aliphatic heterocycles. The molecule has 0 aromatic heterocycles. The first-order valence-electron chi connectivity index (χ1n) is 9.96. The molecule has 0 bridgehead atoms. The van der Waals surface area contributed by atoms with Crippen LogP contribution >= 0.6 is 0 Å². The number of carbonyl (C=O) groups excluding carboxylic acids is 1. The minimum atomic E-state index is 0.273. The Morgan fingerprint density at radius 1 is 0.636 bits per heavy atom. The van der Waals surface area contributed by atoms with Gasteiger partial charge in [-0.05, 0) is 6.42 Å². The third-order valence-corrected chi connectivity index (χ3v) is 4.58. The second-order valence-electron chi connectivity index (χ2n) is 6.77. The average Bonchev–Trinajstić information content (AvgIpc) is 2.54. The van der Waals surface area contributed by atoms with Crippen LogP contribution < -0.4 is 0 Å². The Morgan fingerprint density at radius 2 is 1.00 bits per heavy atom. The molecule has 0 saturated carbocycles. The van der Waals surface area contributed by atoms with Gasteiger partial charge in [-0.1, -0.05) is 97.3 Å². The van der Waals surface area contributed by atoms with E-state index in [2.05, 4.69) is 6.92 Å². The van der Waals surface area contributed by atoms with E-state index >= 15 is 0 Å². The summed E-state index contributed by atoms with van der Waals surface area (Å²) in [6.45, 7) is 5.15. The Morgan fingerprint density at radius 3 is 1.36 bits per heavy atom. The topological polar surface area (TPSA) is 20.3 Å². The van der Waals surface area contributed by atoms with Crippen molar-refractivity contribution in [2.75, 3.05) is 13.6 Å². The SMILES string of the molecule is CCCCCCCCCCCCCCCCN(C)C(=O)CC. The summed E-state index contributed by atoms with van der Waals surface area (Å²) in [6.07, 6.45) is 20.0. The van der Waals surface area contributed by atoms with Crippen LogP contribution in [0.1, 0.15) is 110 Å². The zero-order valence-electron chi connectivity index (χ0n) is 15.7. The molecule has 0 aromatic carbocycles. The number of carbonyl (C=O) groups is 1. The Hall–Kier alpha value is -0.530. The highest BCUT2D eigenvalue weighted by Crippen LogP contribution is 2.13. The molecule has 0 atom stereocenters. The minimum Gasteiger partial charge on any atom is -0.346 e. The van der Waals surface area contributed by atoms with Crippen molar-refractivity contribution in [1.82, 2.24) is 4.90 Å². The molecule has 2 nitrogen and oxygen atoms in total. The summed E-state index contributed by atoms with van der Waals surface area (Å²) in [4.78, 5) is 13.3. The van der Waals surface area contributed by atoms with Gasteiger partial charge in [0.2, 0.25) is 5.91 Å². The summed E-state index contributed by atoms with van der Waals surface area (Å²) in [5.41, 5.74) is 0. The quantitative estimate of drug-likeness (QED) is 0.305. The summed E-state index contributed by atoms with van der Waals surface area (Å²) in [7, 11) is 1.92. The third kappa shape index (κ3) is 14.4. The second-order valence-corrected chi connectivity index (χ2v) is 6.77. The molecule has 0 radical (unpaired) electrons. The van der Waals surface area contributed by atoms with E-state index < -0.39 is 0 Å². The third-order valence-electron chi connectivity index (χ3n) is 4.58. The number of unbranched alkanes of at least 4 members (excludes halogenated alkanes) is 13. The highest BCUT2D eigenvalue weighted by molar-refractivity contribution is 5.75. The molecule has 22 heavy (non-hydrogen) atoms. The van der Waals surface area contributed by atoms with Crippen LogP contribution in [0.25, 0.3) is 0 Å². The molecule has 0 saturated heterocycles. The highest BCUT2D eigenvalue weighted by atomic mass is 16.2. The van der Waals surface area contributed by atoms with Crippen molar-refractivity contribution in [2.24, 2.45) is 0 Å². The maximum atomic E-state index is 11.4. The highest BCUT2D eigenvalue weighted by Gasteiger charge is 2.04. The molecule has 0 spiro atoms. The molecule has 0 aliphatic carbocycles. The fourth-order valence-electron chi connectivity index (χ4n) is 2.94. The molecular formula is C20H41NO. The van der Waals surface area contributed by atoms with Crippen LogP contribution in [0, 0.1) is 0 Å². The average molecular weight is 312 g/mol. The first-order valence-corrected chi connectivity index (χ1v) is 9.96. The number of hydrogen-bond donors (Lipinski definition) is 0. The Balaban J connectivity index is 3.10. The van der Waals surface area contributed by atoms with Gasteiger partial charge in [0.25, 0.3) is 0 Å². The van der Waals surface area contributed by atoms with Gasteiger partial charge < -0.3 is 4.90 Å². The van der Waals surface area contributed by atoms with E-state index in [1.54, 1.807) is 0 Å². The maximum absolute atomic E-state index is 11.4. The molecule has 0 rings (SSSR count). The van der Waals surface area contributed by atoms with Crippen molar-refractivity contribution in [2.45, 2.75) is 110 Å². The predicted molar refractivity (Wildman–Crippen MR) is 98.2 cm³/mol. The van der Waals surface area contributed by atoms with Gasteiger partial charge in [-0.3, -0.25) is 4.79 Å². The summed E-state index contributed by atoms with van der Waals surface area (Å²) in [5.74, 6) is 0.273. The van der Waals surface area contributed by atoms with E-state index in [1.807, 2.05) is 18.9 Å². The number of rotatable bonds is 16. The van der Waals surface area contributed by atoms with Crippen LogP contribution in [0.3, 0.4) is 0 Å². The van der Waals surface area contributed by atoms with Gasteiger partial charge in [0.15, 0.2) is 0 Å². The van der Waals surface area contributed by atoms with Gasteiger partial charge >= 0.3 is 0 Å². The first-order chi connectivity index (χ1) is 10.7. The number of amides is 1. The molecule has 132 valence electrons. The second kappa shape index (κ2) is 16.8. The predicted octanol–water partition coefficient (Wildman–Crippen LogP) is 6.34. The van der Waals surface area contributed by atoms with Crippen molar-refractivity contribution in [3.63, 3.8) is 0 Å². The van der Waals surface area contributed by atoms with E-state index in [0.29, 0.717) is 6.42 Å². The monoisotopic (exact) mass is 311 g/mol. The normalized spacial score (nSPS) is 10.9. The van der Waals surface area contributed by atoms with Gasteiger partial charge in [0.05, 0.1) is 0 Å². The van der Waals surface area contributed by atoms with Crippen LogP contribution in [-0.4, -0.2) is 24.4 Å². The standard InChI is InChI=1S/C20H41NO/c1-4-6-7-8-9-10-11-12-13-14-15-16-17-18-19-21(3)20(22)5-2/h4-19H2,1-3H3. The lowest BCUT2D eigenvalue weighted by atomic mass is 10.0. The van der Waals surface area contributed by atoms with Crippen LogP contribution in [-0.2, 0) is 4.79 Å². The van der Waals surface area contributed by atoms with Gasteiger partial charge in [-0.25, -0.2) is 0 Å². The fraction of sp³-hybridized carbons (Fsp3) is 0.950. The molecule has 0 fully saturated rings. The van der Waals surface area contributed by atoms with Crippen LogP contribution in [0.2, 0.25) is 0 Å². The Bertz CT molecular complexity index is 240. The molecule has 0 heterocycles.